The summed E-state index contributed by atoms with van der Waals surface area (Å²) in [6, 6.07) is 1.29. The average Bonchev–Trinajstić information content (AvgIpc) is 3.56. The Kier molecular flexibility index (Phi) is 8.91. The summed E-state index contributed by atoms with van der Waals surface area (Å²) < 4.78 is 54.2. The van der Waals surface area contributed by atoms with Crippen LogP contribution in [0.2, 0.25) is 5.15 Å². The summed E-state index contributed by atoms with van der Waals surface area (Å²) in [5, 5.41) is 15.3. The third kappa shape index (κ3) is 6.92. The fourth-order valence-electron chi connectivity index (χ4n) is 3.67. The molecule has 0 aromatic carbocycles. The van der Waals surface area contributed by atoms with Crippen molar-refractivity contribution in [1.29, 1.82) is 0 Å². The van der Waals surface area contributed by atoms with Crippen molar-refractivity contribution in [2.75, 3.05) is 29.7 Å². The molecular formula is C24H23ClF3N9O5. The normalized spacial score (nSPS) is 12.2. The summed E-state index contributed by atoms with van der Waals surface area (Å²) in [5.41, 5.74) is -0.514. The van der Waals surface area contributed by atoms with Gasteiger partial charge in [0, 0.05) is 19.6 Å². The van der Waals surface area contributed by atoms with E-state index in [-0.39, 0.29) is 28.6 Å². The van der Waals surface area contributed by atoms with Crippen molar-refractivity contribution in [3.05, 3.63) is 53.3 Å². The topological polar surface area (TPSA) is 167 Å². The van der Waals surface area contributed by atoms with Gasteiger partial charge in [-0.3, -0.25) is 9.59 Å². The first-order valence-corrected chi connectivity index (χ1v) is 12.5. The van der Waals surface area contributed by atoms with Crippen LogP contribution in [0.15, 0.2) is 36.9 Å². The van der Waals surface area contributed by atoms with Crippen molar-refractivity contribution in [3.63, 3.8) is 0 Å². The Morgan fingerprint density at radius 1 is 1.07 bits per heavy atom. The van der Waals surface area contributed by atoms with E-state index >= 15 is 0 Å². The van der Waals surface area contributed by atoms with Gasteiger partial charge in [-0.05, 0) is 13.0 Å². The zero-order valence-corrected chi connectivity index (χ0v) is 22.9. The van der Waals surface area contributed by atoms with Crippen LogP contribution in [0.1, 0.15) is 37.6 Å². The third-order valence-electron chi connectivity index (χ3n) is 5.64. The molecule has 3 N–H and O–H groups in total. The average molecular weight is 610 g/mol. The van der Waals surface area contributed by atoms with E-state index in [4.69, 9.17) is 21.1 Å². The molecule has 1 atom stereocenters. The van der Waals surface area contributed by atoms with Crippen molar-refractivity contribution in [1.82, 2.24) is 29.4 Å². The highest BCUT2D eigenvalue weighted by Gasteiger charge is 2.36. The van der Waals surface area contributed by atoms with Crippen molar-refractivity contribution in [2.24, 2.45) is 0 Å². The van der Waals surface area contributed by atoms with Gasteiger partial charge in [0.05, 0.1) is 53.6 Å². The first-order chi connectivity index (χ1) is 19.9. The molecule has 0 saturated heterocycles. The zero-order valence-electron chi connectivity index (χ0n) is 22.2. The van der Waals surface area contributed by atoms with Crippen molar-refractivity contribution >= 4 is 52.2 Å². The standard InChI is InChI=1S/C24H23ClF3N9O5/c1-4-20(39)42-11-19(38)32-14-8-31-36(10-14)22-15(24(26,27)28)5-13(7-30-22)33-23(40)34-16-9-29-18-6-17(25)35-37(18)21(16)12(2)41-3/h5-10,12H,4,11H2,1-3H3,(H,32,38)(H2,33,34,40)/t12-/m0/s1. The van der Waals surface area contributed by atoms with Crippen LogP contribution in [0.5, 0.6) is 0 Å². The number of carbonyl (C=O) groups is 3. The highest BCUT2D eigenvalue weighted by Crippen LogP contribution is 2.35. The lowest BCUT2D eigenvalue weighted by Crippen LogP contribution is -2.23. The first kappa shape index (κ1) is 30.2. The SMILES string of the molecule is CCC(=O)OCC(=O)Nc1cnn(-c2ncc(NC(=O)Nc3cnc4cc(Cl)nn4c3[C@H](C)OC)cc2C(F)(F)F)c1. The van der Waals surface area contributed by atoms with Gasteiger partial charge in [0.15, 0.2) is 23.2 Å². The summed E-state index contributed by atoms with van der Waals surface area (Å²) in [6.07, 6.45) is -0.864. The van der Waals surface area contributed by atoms with Crippen LogP contribution in [0.4, 0.5) is 35.0 Å². The molecule has 18 heteroatoms. The number of halogens is 4. The van der Waals surface area contributed by atoms with E-state index in [9.17, 15) is 27.6 Å². The van der Waals surface area contributed by atoms with Crippen LogP contribution in [-0.4, -0.2) is 61.0 Å². The molecule has 0 fully saturated rings. The van der Waals surface area contributed by atoms with E-state index in [2.05, 4.69) is 36.1 Å². The van der Waals surface area contributed by atoms with Gasteiger partial charge in [-0.15, -0.1) is 0 Å². The molecule has 4 aromatic heterocycles. The van der Waals surface area contributed by atoms with Gasteiger partial charge in [-0.2, -0.15) is 23.4 Å². The van der Waals surface area contributed by atoms with E-state index in [1.165, 1.54) is 23.9 Å². The highest BCUT2D eigenvalue weighted by atomic mass is 35.5. The number of methoxy groups -OCH3 is 1. The number of hydrogen-bond acceptors (Lipinski definition) is 9. The maximum Gasteiger partial charge on any atom is 0.420 e. The number of hydrogen-bond donors (Lipinski definition) is 3. The number of ether oxygens (including phenoxy) is 2. The molecule has 3 amide bonds. The van der Waals surface area contributed by atoms with Crippen LogP contribution < -0.4 is 16.0 Å². The molecule has 0 radical (unpaired) electrons. The summed E-state index contributed by atoms with van der Waals surface area (Å²) in [6.45, 7) is 2.68. The number of fused-ring (bicyclic) bond motifs is 1. The maximum absolute atomic E-state index is 14.0. The Morgan fingerprint density at radius 2 is 1.83 bits per heavy atom. The smallest absolute Gasteiger partial charge is 0.420 e. The van der Waals surface area contributed by atoms with E-state index in [1.54, 1.807) is 13.8 Å². The molecule has 0 aliphatic rings. The summed E-state index contributed by atoms with van der Waals surface area (Å²) in [4.78, 5) is 43.9. The second-order valence-corrected chi connectivity index (χ2v) is 8.97. The number of carbonyl (C=O) groups excluding carboxylic acids is 3. The van der Waals surface area contributed by atoms with Crippen LogP contribution in [-0.2, 0) is 25.2 Å². The Morgan fingerprint density at radius 3 is 2.52 bits per heavy atom. The minimum absolute atomic E-state index is 0.0363. The van der Waals surface area contributed by atoms with Crippen LogP contribution >= 0.6 is 11.6 Å². The second-order valence-electron chi connectivity index (χ2n) is 8.58. The molecule has 0 aliphatic carbocycles. The van der Waals surface area contributed by atoms with Crippen molar-refractivity contribution < 1.29 is 37.0 Å². The molecule has 0 bridgehead atoms. The Balaban J connectivity index is 1.53. The van der Waals surface area contributed by atoms with Gasteiger partial charge < -0.3 is 25.4 Å². The molecule has 0 spiro atoms. The number of amides is 3. The van der Waals surface area contributed by atoms with Crippen molar-refractivity contribution in [2.45, 2.75) is 32.5 Å². The molecule has 42 heavy (non-hydrogen) atoms. The molecular weight excluding hydrogens is 587 g/mol. The number of anilines is 3. The number of pyridine rings is 1. The lowest BCUT2D eigenvalue weighted by molar-refractivity contribution is -0.146. The fourth-order valence-corrected chi connectivity index (χ4v) is 3.85. The lowest BCUT2D eigenvalue weighted by atomic mass is 10.2. The van der Waals surface area contributed by atoms with E-state index < -0.39 is 48.2 Å². The fraction of sp³-hybridized carbons (Fsp3) is 0.292. The quantitative estimate of drug-likeness (QED) is 0.235. The highest BCUT2D eigenvalue weighted by molar-refractivity contribution is 6.29. The van der Waals surface area contributed by atoms with E-state index in [1.807, 2.05) is 0 Å². The first-order valence-electron chi connectivity index (χ1n) is 12.1. The number of rotatable bonds is 9. The van der Waals surface area contributed by atoms with E-state index in [0.29, 0.717) is 17.4 Å². The Labute approximate surface area is 240 Å². The van der Waals surface area contributed by atoms with Crippen LogP contribution in [0.3, 0.4) is 0 Å². The van der Waals surface area contributed by atoms with Crippen LogP contribution in [0, 0.1) is 0 Å². The maximum atomic E-state index is 14.0. The number of alkyl halides is 3. The van der Waals surface area contributed by atoms with Crippen LogP contribution in [0.25, 0.3) is 11.5 Å². The lowest BCUT2D eigenvalue weighted by Gasteiger charge is -2.17. The number of nitrogens with zero attached hydrogens (tertiary/aromatic N) is 6. The van der Waals surface area contributed by atoms with E-state index in [0.717, 1.165) is 23.3 Å². The molecule has 222 valence electrons. The molecule has 4 aromatic rings. The third-order valence-corrected chi connectivity index (χ3v) is 5.83. The molecule has 0 unspecified atom stereocenters. The molecule has 4 rings (SSSR count). The number of esters is 1. The summed E-state index contributed by atoms with van der Waals surface area (Å²) in [5.74, 6) is -1.92. The molecule has 0 saturated carbocycles. The van der Waals surface area contributed by atoms with Crippen molar-refractivity contribution in [3.8, 4) is 5.82 Å². The number of nitrogens with one attached hydrogen (secondary N) is 3. The van der Waals surface area contributed by atoms with Gasteiger partial charge in [0.2, 0.25) is 0 Å². The monoisotopic (exact) mass is 609 g/mol. The van der Waals surface area contributed by atoms with Gasteiger partial charge in [-0.25, -0.2) is 24.0 Å². The number of aromatic nitrogens is 6. The molecule has 4 heterocycles. The zero-order chi connectivity index (χ0) is 30.6. The van der Waals surface area contributed by atoms with Gasteiger partial charge in [0.25, 0.3) is 5.91 Å². The summed E-state index contributed by atoms with van der Waals surface area (Å²) in [7, 11) is 1.44. The summed E-state index contributed by atoms with van der Waals surface area (Å²) >= 11 is 5.98. The number of urea groups is 1. The predicted octanol–water partition coefficient (Wildman–Crippen LogP) is 4.23. The molecule has 14 nitrogen and oxygen atoms in total. The predicted molar refractivity (Wildman–Crippen MR) is 142 cm³/mol. The minimum Gasteiger partial charge on any atom is -0.456 e. The largest absolute Gasteiger partial charge is 0.456 e. The molecule has 0 aliphatic heterocycles. The minimum atomic E-state index is -4.89. The Bertz CT molecular complexity index is 1640. The van der Waals surface area contributed by atoms with Gasteiger partial charge >= 0.3 is 18.2 Å². The van der Waals surface area contributed by atoms with Gasteiger partial charge in [-0.1, -0.05) is 18.5 Å². The second kappa shape index (κ2) is 12.4. The Hall–Kier alpha value is -4.77. The van der Waals surface area contributed by atoms with Gasteiger partial charge in [0.1, 0.15) is 5.56 Å².